The molecule has 0 aliphatic carbocycles. The Labute approximate surface area is 135 Å². The number of carbonyl (C=O) groups is 1. The number of benzene rings is 1. The smallest absolute Gasteiger partial charge is 0.270 e. The largest absolute Gasteiger partial charge is 0.351 e. The SMILES string of the molecule is CS(=O)(=O)NC[C@@H]1CCCCN1C(=O)c1cc2ccccc2[nH]1. The molecule has 2 aromatic rings. The molecule has 3 rings (SSSR count). The topological polar surface area (TPSA) is 82.3 Å². The molecule has 6 nitrogen and oxygen atoms in total. The molecule has 1 aliphatic rings. The number of fused-ring (bicyclic) bond motifs is 1. The van der Waals surface area contributed by atoms with Gasteiger partial charge >= 0.3 is 0 Å². The van der Waals surface area contributed by atoms with E-state index in [0.29, 0.717) is 12.2 Å². The monoisotopic (exact) mass is 335 g/mol. The number of H-pyrrole nitrogens is 1. The third-order valence-corrected chi connectivity index (χ3v) is 4.92. The van der Waals surface area contributed by atoms with Crippen LogP contribution in [0.4, 0.5) is 0 Å². The number of aromatic nitrogens is 1. The van der Waals surface area contributed by atoms with E-state index in [2.05, 4.69) is 9.71 Å². The van der Waals surface area contributed by atoms with Crippen molar-refractivity contribution >= 4 is 26.8 Å². The van der Waals surface area contributed by atoms with Gasteiger partial charge in [0.05, 0.1) is 6.26 Å². The van der Waals surface area contributed by atoms with E-state index in [-0.39, 0.29) is 18.5 Å². The van der Waals surface area contributed by atoms with Crippen molar-refractivity contribution in [3.63, 3.8) is 0 Å². The van der Waals surface area contributed by atoms with Crippen LogP contribution in [0.25, 0.3) is 10.9 Å². The maximum atomic E-state index is 12.8. The lowest BCUT2D eigenvalue weighted by molar-refractivity contribution is 0.0613. The second-order valence-corrected chi connectivity index (χ2v) is 7.87. The number of aromatic amines is 1. The standard InChI is InChI=1S/C16H21N3O3S/c1-23(21,22)17-11-13-7-4-5-9-19(13)16(20)15-10-12-6-2-3-8-14(12)18-15/h2-3,6,8,10,13,17-18H,4-5,7,9,11H2,1H3/t13-/m0/s1. The fraction of sp³-hybridized carbons (Fsp3) is 0.438. The molecule has 1 fully saturated rings. The van der Waals surface area contributed by atoms with Crippen LogP contribution < -0.4 is 4.72 Å². The molecule has 124 valence electrons. The molecule has 0 unspecified atom stereocenters. The van der Waals surface area contributed by atoms with Gasteiger partial charge in [0.2, 0.25) is 10.0 Å². The summed E-state index contributed by atoms with van der Waals surface area (Å²) in [7, 11) is -3.25. The van der Waals surface area contributed by atoms with Gasteiger partial charge in [-0.1, -0.05) is 18.2 Å². The van der Waals surface area contributed by atoms with E-state index >= 15 is 0 Å². The normalized spacial score (nSPS) is 19.2. The number of nitrogens with zero attached hydrogens (tertiary/aromatic N) is 1. The van der Waals surface area contributed by atoms with Crippen LogP contribution in [0, 0.1) is 0 Å². The maximum absolute atomic E-state index is 12.8. The third kappa shape index (κ3) is 3.73. The van der Waals surface area contributed by atoms with Gasteiger partial charge in [0.1, 0.15) is 5.69 Å². The summed E-state index contributed by atoms with van der Waals surface area (Å²) in [5.41, 5.74) is 1.48. The van der Waals surface area contributed by atoms with E-state index in [1.165, 1.54) is 0 Å². The first kappa shape index (κ1) is 16.0. The van der Waals surface area contributed by atoms with Gasteiger partial charge in [-0.3, -0.25) is 4.79 Å². The minimum Gasteiger partial charge on any atom is -0.351 e. The van der Waals surface area contributed by atoms with Crippen molar-refractivity contribution in [1.29, 1.82) is 0 Å². The zero-order valence-electron chi connectivity index (χ0n) is 13.1. The third-order valence-electron chi connectivity index (χ3n) is 4.23. The molecular weight excluding hydrogens is 314 g/mol. The number of amides is 1. The van der Waals surface area contributed by atoms with Gasteiger partial charge in [0.25, 0.3) is 5.91 Å². The number of hydrogen-bond acceptors (Lipinski definition) is 3. The Morgan fingerprint density at radius 2 is 2.13 bits per heavy atom. The zero-order chi connectivity index (χ0) is 16.4. The summed E-state index contributed by atoms with van der Waals surface area (Å²) >= 11 is 0. The van der Waals surface area contributed by atoms with Gasteiger partial charge in [-0.05, 0) is 31.4 Å². The molecule has 1 amide bonds. The lowest BCUT2D eigenvalue weighted by Crippen LogP contribution is -2.49. The van der Waals surface area contributed by atoms with Crippen molar-refractivity contribution in [3.05, 3.63) is 36.0 Å². The lowest BCUT2D eigenvalue weighted by Gasteiger charge is -2.35. The molecule has 0 saturated carbocycles. The van der Waals surface area contributed by atoms with E-state index in [1.54, 1.807) is 4.90 Å². The molecule has 1 aliphatic heterocycles. The Morgan fingerprint density at radius 1 is 1.35 bits per heavy atom. The average Bonchev–Trinajstić information content (AvgIpc) is 2.96. The highest BCUT2D eigenvalue weighted by atomic mass is 32.2. The Balaban J connectivity index is 1.80. The summed E-state index contributed by atoms with van der Waals surface area (Å²) < 4.78 is 25.2. The Morgan fingerprint density at radius 3 is 2.87 bits per heavy atom. The molecule has 0 radical (unpaired) electrons. The molecule has 1 aromatic carbocycles. The summed E-state index contributed by atoms with van der Waals surface area (Å²) in [4.78, 5) is 17.8. The predicted octanol–water partition coefficient (Wildman–Crippen LogP) is 1.71. The van der Waals surface area contributed by atoms with Crippen molar-refractivity contribution in [1.82, 2.24) is 14.6 Å². The van der Waals surface area contributed by atoms with Crippen molar-refractivity contribution in [2.24, 2.45) is 0 Å². The molecule has 23 heavy (non-hydrogen) atoms. The van der Waals surface area contributed by atoms with Gasteiger partial charge in [-0.15, -0.1) is 0 Å². The van der Waals surface area contributed by atoms with Gasteiger partial charge in [-0.25, -0.2) is 13.1 Å². The summed E-state index contributed by atoms with van der Waals surface area (Å²) in [5.74, 6) is -0.0683. The van der Waals surface area contributed by atoms with Crippen molar-refractivity contribution < 1.29 is 13.2 Å². The predicted molar refractivity (Wildman–Crippen MR) is 89.8 cm³/mol. The average molecular weight is 335 g/mol. The summed E-state index contributed by atoms with van der Waals surface area (Å²) in [6.07, 6.45) is 3.90. The van der Waals surface area contributed by atoms with Crippen LogP contribution in [-0.2, 0) is 10.0 Å². The van der Waals surface area contributed by atoms with E-state index in [9.17, 15) is 13.2 Å². The zero-order valence-corrected chi connectivity index (χ0v) is 13.9. The van der Waals surface area contributed by atoms with Crippen molar-refractivity contribution in [3.8, 4) is 0 Å². The van der Waals surface area contributed by atoms with Crippen LogP contribution in [0.1, 0.15) is 29.8 Å². The molecule has 1 aromatic heterocycles. The minimum absolute atomic E-state index is 0.0683. The number of nitrogens with one attached hydrogen (secondary N) is 2. The fourth-order valence-electron chi connectivity index (χ4n) is 3.07. The van der Waals surface area contributed by atoms with Crippen LogP contribution >= 0.6 is 0 Å². The van der Waals surface area contributed by atoms with Gasteiger partial charge in [-0.2, -0.15) is 0 Å². The van der Waals surface area contributed by atoms with Crippen LogP contribution in [0.5, 0.6) is 0 Å². The number of hydrogen-bond donors (Lipinski definition) is 2. The summed E-state index contributed by atoms with van der Waals surface area (Å²) in [6.45, 7) is 0.926. The van der Waals surface area contributed by atoms with Gasteiger partial charge < -0.3 is 9.88 Å². The molecule has 1 saturated heterocycles. The number of rotatable bonds is 4. The summed E-state index contributed by atoms with van der Waals surface area (Å²) in [5, 5.41) is 0.999. The van der Waals surface area contributed by atoms with Crippen LogP contribution in [0.3, 0.4) is 0 Å². The number of carbonyl (C=O) groups excluding carboxylic acids is 1. The van der Waals surface area contributed by atoms with Crippen LogP contribution in [0.15, 0.2) is 30.3 Å². The molecule has 7 heteroatoms. The first-order chi connectivity index (χ1) is 10.9. The first-order valence-electron chi connectivity index (χ1n) is 7.77. The quantitative estimate of drug-likeness (QED) is 0.892. The van der Waals surface area contributed by atoms with Gasteiger partial charge in [0.15, 0.2) is 0 Å². The number of para-hydroxylation sites is 1. The van der Waals surface area contributed by atoms with E-state index in [4.69, 9.17) is 0 Å². The molecule has 1 atom stereocenters. The Bertz CT molecular complexity index is 780. The van der Waals surface area contributed by atoms with E-state index < -0.39 is 10.0 Å². The Hall–Kier alpha value is -1.86. The fourth-order valence-corrected chi connectivity index (χ4v) is 3.57. The Kier molecular flexibility index (Phi) is 4.41. The van der Waals surface area contributed by atoms with E-state index in [1.807, 2.05) is 30.3 Å². The minimum atomic E-state index is -3.25. The molecule has 2 heterocycles. The maximum Gasteiger partial charge on any atom is 0.270 e. The molecular formula is C16H21N3O3S. The second kappa shape index (κ2) is 6.33. The number of likely N-dealkylation sites (tertiary alicyclic amines) is 1. The highest BCUT2D eigenvalue weighted by Gasteiger charge is 2.28. The lowest BCUT2D eigenvalue weighted by atomic mass is 10.0. The first-order valence-corrected chi connectivity index (χ1v) is 9.66. The van der Waals surface area contributed by atoms with E-state index in [0.717, 1.165) is 36.4 Å². The number of piperidine rings is 1. The highest BCUT2D eigenvalue weighted by molar-refractivity contribution is 7.88. The molecule has 0 bridgehead atoms. The number of sulfonamides is 1. The van der Waals surface area contributed by atoms with Crippen LogP contribution in [0.2, 0.25) is 0 Å². The molecule has 2 N–H and O–H groups in total. The van der Waals surface area contributed by atoms with Crippen molar-refractivity contribution in [2.45, 2.75) is 25.3 Å². The van der Waals surface area contributed by atoms with Gasteiger partial charge in [0, 0.05) is 30.0 Å². The molecule has 0 spiro atoms. The summed E-state index contributed by atoms with van der Waals surface area (Å²) in [6, 6.07) is 9.51. The highest BCUT2D eigenvalue weighted by Crippen LogP contribution is 2.21. The van der Waals surface area contributed by atoms with Crippen LogP contribution in [-0.4, -0.2) is 49.6 Å². The van der Waals surface area contributed by atoms with Crippen molar-refractivity contribution in [2.75, 3.05) is 19.3 Å². The second-order valence-electron chi connectivity index (χ2n) is 6.04.